The highest BCUT2D eigenvalue weighted by molar-refractivity contribution is 5.75. The van der Waals surface area contributed by atoms with Crippen LogP contribution in [0.4, 0.5) is 0 Å². The van der Waals surface area contributed by atoms with Crippen molar-refractivity contribution < 1.29 is 14.6 Å². The van der Waals surface area contributed by atoms with E-state index in [-0.39, 0.29) is 6.61 Å². The lowest BCUT2D eigenvalue weighted by molar-refractivity contribution is -0.137. The van der Waals surface area contributed by atoms with Crippen LogP contribution in [-0.4, -0.2) is 30.2 Å². The van der Waals surface area contributed by atoms with Gasteiger partial charge >= 0.3 is 0 Å². The highest BCUT2D eigenvalue weighted by atomic mass is 16.5. The van der Waals surface area contributed by atoms with Crippen LogP contribution in [0.2, 0.25) is 0 Å². The van der Waals surface area contributed by atoms with Crippen LogP contribution < -0.4 is 0 Å². The zero-order chi connectivity index (χ0) is 22.2. The summed E-state index contributed by atoms with van der Waals surface area (Å²) in [6.45, 7) is 10.4. The molecule has 31 heavy (non-hydrogen) atoms. The molecule has 1 unspecified atom stereocenters. The van der Waals surface area contributed by atoms with E-state index in [4.69, 9.17) is 9.84 Å². The summed E-state index contributed by atoms with van der Waals surface area (Å²) < 4.78 is 6.13. The molecule has 0 aromatic rings. The van der Waals surface area contributed by atoms with Gasteiger partial charge < -0.3 is 14.6 Å². The molecule has 4 aliphatic rings. The van der Waals surface area contributed by atoms with E-state index in [0.717, 1.165) is 55.5 Å². The van der Waals surface area contributed by atoms with E-state index < -0.39 is 0 Å². The first-order valence-electron chi connectivity index (χ1n) is 13.5. The highest BCUT2D eigenvalue weighted by Gasteiger charge is 2.60. The molecule has 4 saturated carbocycles. The van der Waals surface area contributed by atoms with Crippen LogP contribution in [0.15, 0.2) is 0 Å². The van der Waals surface area contributed by atoms with E-state index >= 15 is 0 Å². The maximum Gasteiger partial charge on any atom is 0.129 e. The lowest BCUT2D eigenvalue weighted by atomic mass is 9.44. The number of fused-ring (bicyclic) bond motifs is 5. The monoisotopic (exact) mass is 432 g/mol. The molecule has 178 valence electrons. The largest absolute Gasteiger partial charge is 0.396 e. The molecule has 0 bridgehead atoms. The fourth-order valence-electron chi connectivity index (χ4n) is 9.29. The third-order valence-corrected chi connectivity index (χ3v) is 11.0. The van der Waals surface area contributed by atoms with Gasteiger partial charge in [-0.2, -0.15) is 0 Å². The number of carbonyl (C=O) groups is 1. The first-order valence-corrected chi connectivity index (χ1v) is 13.5. The van der Waals surface area contributed by atoms with Crippen molar-refractivity contribution in [3.8, 4) is 0 Å². The number of aliphatic hydroxyl groups is 1. The van der Waals surface area contributed by atoms with Gasteiger partial charge in [-0.05, 0) is 124 Å². The fourth-order valence-corrected chi connectivity index (χ4v) is 9.29. The molecule has 0 aromatic carbocycles. The summed E-state index contributed by atoms with van der Waals surface area (Å²) in [4.78, 5) is 11.6. The number of rotatable bonds is 8. The smallest absolute Gasteiger partial charge is 0.129 e. The predicted molar refractivity (Wildman–Crippen MR) is 126 cm³/mol. The number of carbonyl (C=O) groups excluding carboxylic acids is 1. The van der Waals surface area contributed by atoms with Gasteiger partial charge in [-0.25, -0.2) is 0 Å². The minimum absolute atomic E-state index is 0.242. The molecule has 9 atom stereocenters. The van der Waals surface area contributed by atoms with Crippen molar-refractivity contribution in [1.82, 2.24) is 0 Å². The van der Waals surface area contributed by atoms with E-state index in [9.17, 15) is 4.79 Å². The standard InChI is InChI=1S/C28H48O3/c1-19(6-7-20(2)30)24-10-11-25-23-9-8-21-18-22(31-17-5-16-29)12-14-27(21,3)26(23)13-15-28(24,25)4/h19,21-26,29H,5-18H2,1-4H3/t19-,21?,22+,23+,24-,25+,26+,27+,28-/m1/s1. The number of aliphatic hydroxyl groups excluding tert-OH is 1. The molecule has 4 aliphatic carbocycles. The molecule has 0 radical (unpaired) electrons. The lowest BCUT2D eigenvalue weighted by Gasteiger charge is -2.61. The quantitative estimate of drug-likeness (QED) is 0.450. The summed E-state index contributed by atoms with van der Waals surface area (Å²) in [6, 6.07) is 0. The Balaban J connectivity index is 1.42. The summed E-state index contributed by atoms with van der Waals surface area (Å²) in [6.07, 6.45) is 15.4. The molecule has 3 heteroatoms. The Morgan fingerprint density at radius 1 is 1.03 bits per heavy atom. The summed E-state index contributed by atoms with van der Waals surface area (Å²) in [5, 5.41) is 9.06. The third-order valence-electron chi connectivity index (χ3n) is 11.0. The van der Waals surface area contributed by atoms with Crippen molar-refractivity contribution in [3.05, 3.63) is 0 Å². The van der Waals surface area contributed by atoms with Gasteiger partial charge in [0.05, 0.1) is 6.10 Å². The van der Waals surface area contributed by atoms with Crippen LogP contribution in [0.25, 0.3) is 0 Å². The van der Waals surface area contributed by atoms with Crippen molar-refractivity contribution in [2.24, 2.45) is 46.3 Å². The van der Waals surface area contributed by atoms with E-state index in [1.54, 1.807) is 6.92 Å². The Kier molecular flexibility index (Phi) is 7.24. The van der Waals surface area contributed by atoms with E-state index in [1.807, 2.05) is 0 Å². The normalized spacial score (nSPS) is 45.5. The van der Waals surface area contributed by atoms with Gasteiger partial charge in [0.1, 0.15) is 5.78 Å². The van der Waals surface area contributed by atoms with Crippen LogP contribution in [0.3, 0.4) is 0 Å². The molecule has 0 aliphatic heterocycles. The molecule has 4 fully saturated rings. The van der Waals surface area contributed by atoms with E-state index in [1.165, 1.54) is 57.8 Å². The average molecular weight is 433 g/mol. The Labute approximate surface area is 191 Å². The van der Waals surface area contributed by atoms with Crippen LogP contribution in [0, 0.1) is 46.3 Å². The maximum atomic E-state index is 11.6. The molecule has 1 N–H and O–H groups in total. The third kappa shape index (κ3) is 4.39. The molecule has 0 heterocycles. The van der Waals surface area contributed by atoms with Crippen LogP contribution >= 0.6 is 0 Å². The Hall–Kier alpha value is -0.410. The summed E-state index contributed by atoms with van der Waals surface area (Å²) >= 11 is 0. The number of hydrogen-bond donors (Lipinski definition) is 1. The predicted octanol–water partition coefficient (Wildman–Crippen LogP) is 6.42. The van der Waals surface area contributed by atoms with Gasteiger partial charge in [-0.1, -0.05) is 20.8 Å². The zero-order valence-corrected chi connectivity index (χ0v) is 20.7. The van der Waals surface area contributed by atoms with E-state index in [0.29, 0.717) is 28.6 Å². The Morgan fingerprint density at radius 3 is 2.52 bits per heavy atom. The first kappa shape index (κ1) is 23.7. The van der Waals surface area contributed by atoms with Crippen molar-refractivity contribution in [2.45, 2.75) is 111 Å². The molecule has 0 amide bonds. The highest BCUT2D eigenvalue weighted by Crippen LogP contribution is 2.68. The van der Waals surface area contributed by atoms with Crippen molar-refractivity contribution in [2.75, 3.05) is 13.2 Å². The summed E-state index contributed by atoms with van der Waals surface area (Å²) in [7, 11) is 0. The van der Waals surface area contributed by atoms with Crippen LogP contribution in [0.5, 0.6) is 0 Å². The van der Waals surface area contributed by atoms with Gasteiger partial charge in [0.15, 0.2) is 0 Å². The van der Waals surface area contributed by atoms with Gasteiger partial charge in [-0.15, -0.1) is 0 Å². The topological polar surface area (TPSA) is 46.5 Å². The van der Waals surface area contributed by atoms with E-state index in [2.05, 4.69) is 20.8 Å². The summed E-state index contributed by atoms with van der Waals surface area (Å²) in [5.74, 6) is 5.45. The Morgan fingerprint density at radius 2 is 1.77 bits per heavy atom. The van der Waals surface area contributed by atoms with Gasteiger partial charge in [0, 0.05) is 19.6 Å². The minimum Gasteiger partial charge on any atom is -0.396 e. The van der Waals surface area contributed by atoms with Crippen molar-refractivity contribution in [1.29, 1.82) is 0 Å². The molecular formula is C28H48O3. The second-order valence-electron chi connectivity index (χ2n) is 12.4. The molecule has 0 aromatic heterocycles. The molecule has 3 nitrogen and oxygen atoms in total. The lowest BCUT2D eigenvalue weighted by Crippen LogP contribution is -2.54. The average Bonchev–Trinajstić information content (AvgIpc) is 3.09. The van der Waals surface area contributed by atoms with Crippen LogP contribution in [0.1, 0.15) is 105 Å². The molecule has 4 rings (SSSR count). The van der Waals surface area contributed by atoms with Gasteiger partial charge in [-0.3, -0.25) is 0 Å². The van der Waals surface area contributed by atoms with Crippen molar-refractivity contribution >= 4 is 5.78 Å². The number of ether oxygens (including phenoxy) is 1. The van der Waals surface area contributed by atoms with Crippen LogP contribution in [-0.2, 0) is 9.53 Å². The Bertz CT molecular complexity index is 632. The second kappa shape index (κ2) is 9.45. The SMILES string of the molecule is CC(=O)CC[C@@H](C)[C@H]1CC[C@H]2[C@@H]3CCC4C[C@@H](OCCCO)CC[C@]4(C)[C@H]3CC[C@]12C. The molecular weight excluding hydrogens is 384 g/mol. The van der Waals surface area contributed by atoms with Gasteiger partial charge in [0.2, 0.25) is 0 Å². The first-order chi connectivity index (χ1) is 14.8. The number of hydrogen-bond acceptors (Lipinski definition) is 3. The molecule has 0 saturated heterocycles. The van der Waals surface area contributed by atoms with Gasteiger partial charge in [0.25, 0.3) is 0 Å². The van der Waals surface area contributed by atoms with Crippen molar-refractivity contribution in [3.63, 3.8) is 0 Å². The molecule has 0 spiro atoms. The second-order valence-corrected chi connectivity index (χ2v) is 12.4. The maximum absolute atomic E-state index is 11.6. The summed E-state index contributed by atoms with van der Waals surface area (Å²) in [5.41, 5.74) is 1.02. The fraction of sp³-hybridized carbons (Fsp3) is 0.964. The number of Topliss-reactive ketones (excluding diaryl/α,β-unsaturated/α-hetero) is 1. The zero-order valence-electron chi connectivity index (χ0n) is 20.7. The minimum atomic E-state index is 0.242. The number of ketones is 1.